The van der Waals surface area contributed by atoms with E-state index in [0.29, 0.717) is 19.1 Å². The predicted molar refractivity (Wildman–Crippen MR) is 74.1 cm³/mol. The molecule has 1 fully saturated rings. The van der Waals surface area contributed by atoms with E-state index in [-0.39, 0.29) is 12.5 Å². The Labute approximate surface area is 115 Å². The molecule has 0 atom stereocenters. The molecule has 0 aromatic carbocycles. The van der Waals surface area contributed by atoms with E-state index in [2.05, 4.69) is 0 Å². The highest BCUT2D eigenvalue weighted by Gasteiger charge is 2.24. The summed E-state index contributed by atoms with van der Waals surface area (Å²) in [6.07, 6.45) is 7.03. The first-order chi connectivity index (χ1) is 9.06. The van der Waals surface area contributed by atoms with E-state index in [1.807, 2.05) is 18.9 Å². The van der Waals surface area contributed by atoms with Gasteiger partial charge in [0.25, 0.3) is 0 Å². The summed E-state index contributed by atoms with van der Waals surface area (Å²) in [5.41, 5.74) is 0. The highest BCUT2D eigenvalue weighted by molar-refractivity contribution is 5.75. The zero-order valence-corrected chi connectivity index (χ0v) is 12.1. The van der Waals surface area contributed by atoms with Gasteiger partial charge in [0, 0.05) is 26.2 Å². The summed E-state index contributed by atoms with van der Waals surface area (Å²) >= 11 is 0. The van der Waals surface area contributed by atoms with Crippen LogP contribution in [0.25, 0.3) is 0 Å². The molecule has 19 heavy (non-hydrogen) atoms. The molecule has 1 aliphatic carbocycles. The van der Waals surface area contributed by atoms with Crippen LogP contribution in [0.2, 0.25) is 0 Å². The average Bonchev–Trinajstić information content (AvgIpc) is 2.66. The molecule has 5 nitrogen and oxygen atoms in total. The Balaban J connectivity index is 2.54. The minimum atomic E-state index is -0.858. The van der Waals surface area contributed by atoms with Gasteiger partial charge in [-0.2, -0.15) is 0 Å². The molecule has 0 heterocycles. The average molecular weight is 270 g/mol. The van der Waals surface area contributed by atoms with E-state index in [9.17, 15) is 9.59 Å². The number of aliphatic carboxylic acids is 1. The molecular weight excluding hydrogens is 244 g/mol. The Morgan fingerprint density at radius 2 is 1.74 bits per heavy atom. The van der Waals surface area contributed by atoms with Crippen LogP contribution in [0.5, 0.6) is 0 Å². The number of amides is 2. The van der Waals surface area contributed by atoms with E-state index in [0.717, 1.165) is 12.8 Å². The third-order valence-electron chi connectivity index (χ3n) is 3.92. The first kappa shape index (κ1) is 15.8. The maximum atomic E-state index is 12.4. The minimum absolute atomic E-state index is 0.0120. The number of urea groups is 1. The third-order valence-corrected chi connectivity index (χ3v) is 3.92. The van der Waals surface area contributed by atoms with Gasteiger partial charge >= 0.3 is 12.0 Å². The number of rotatable bonds is 5. The van der Waals surface area contributed by atoms with Crippen molar-refractivity contribution < 1.29 is 14.7 Å². The summed E-state index contributed by atoms with van der Waals surface area (Å²) in [6, 6.07) is 0.282. The maximum Gasteiger partial charge on any atom is 0.319 e. The zero-order valence-electron chi connectivity index (χ0n) is 12.1. The summed E-state index contributed by atoms with van der Waals surface area (Å²) in [5, 5.41) is 8.71. The molecule has 0 unspecified atom stereocenters. The topological polar surface area (TPSA) is 60.9 Å². The van der Waals surface area contributed by atoms with E-state index in [1.165, 1.54) is 25.7 Å². The molecule has 1 rings (SSSR count). The Morgan fingerprint density at radius 3 is 2.21 bits per heavy atom. The van der Waals surface area contributed by atoms with Gasteiger partial charge in [-0.1, -0.05) is 25.7 Å². The van der Waals surface area contributed by atoms with E-state index < -0.39 is 5.97 Å². The molecule has 110 valence electrons. The van der Waals surface area contributed by atoms with Crippen LogP contribution in [0, 0.1) is 0 Å². The lowest BCUT2D eigenvalue weighted by Gasteiger charge is -2.32. The van der Waals surface area contributed by atoms with Crippen molar-refractivity contribution in [3.63, 3.8) is 0 Å². The zero-order chi connectivity index (χ0) is 14.3. The van der Waals surface area contributed by atoms with Crippen molar-refractivity contribution in [3.05, 3.63) is 0 Å². The van der Waals surface area contributed by atoms with Gasteiger partial charge < -0.3 is 14.9 Å². The van der Waals surface area contributed by atoms with E-state index in [4.69, 9.17) is 5.11 Å². The fourth-order valence-corrected chi connectivity index (χ4v) is 2.64. The lowest BCUT2D eigenvalue weighted by atomic mass is 10.1. The normalized spacial score (nSPS) is 16.7. The fourth-order valence-electron chi connectivity index (χ4n) is 2.64. The SMILES string of the molecule is CCN(CCC(=O)O)C(=O)N(C)C1CCCCCC1. The number of hydrogen-bond donors (Lipinski definition) is 1. The predicted octanol–water partition coefficient (Wildman–Crippen LogP) is 2.56. The van der Waals surface area contributed by atoms with Crippen LogP contribution in [0.4, 0.5) is 4.79 Å². The van der Waals surface area contributed by atoms with Crippen LogP contribution in [0.15, 0.2) is 0 Å². The minimum Gasteiger partial charge on any atom is -0.481 e. The van der Waals surface area contributed by atoms with Gasteiger partial charge in [0.15, 0.2) is 0 Å². The van der Waals surface area contributed by atoms with E-state index in [1.54, 1.807) is 4.90 Å². The van der Waals surface area contributed by atoms with Crippen molar-refractivity contribution >= 4 is 12.0 Å². The van der Waals surface area contributed by atoms with Gasteiger partial charge in [-0.15, -0.1) is 0 Å². The van der Waals surface area contributed by atoms with Crippen molar-refractivity contribution in [1.82, 2.24) is 9.80 Å². The largest absolute Gasteiger partial charge is 0.481 e. The Bertz CT molecular complexity index is 299. The van der Waals surface area contributed by atoms with Crippen LogP contribution in [0.3, 0.4) is 0 Å². The molecule has 0 aromatic heterocycles. The second-order valence-corrected chi connectivity index (χ2v) is 5.26. The third kappa shape index (κ3) is 5.09. The number of carboxylic acid groups (broad SMARTS) is 1. The molecule has 0 spiro atoms. The molecule has 1 N–H and O–H groups in total. The van der Waals surface area contributed by atoms with Crippen LogP contribution in [-0.2, 0) is 4.79 Å². The van der Waals surface area contributed by atoms with Gasteiger partial charge in [0.2, 0.25) is 0 Å². The second-order valence-electron chi connectivity index (χ2n) is 5.26. The quantitative estimate of drug-likeness (QED) is 0.781. The molecule has 0 aromatic rings. The Morgan fingerprint density at radius 1 is 1.16 bits per heavy atom. The highest BCUT2D eigenvalue weighted by Crippen LogP contribution is 2.21. The molecule has 2 amide bonds. The Hall–Kier alpha value is -1.26. The van der Waals surface area contributed by atoms with Crippen LogP contribution < -0.4 is 0 Å². The lowest BCUT2D eigenvalue weighted by Crippen LogP contribution is -2.46. The second kappa shape index (κ2) is 8.02. The molecule has 0 aliphatic heterocycles. The smallest absolute Gasteiger partial charge is 0.319 e. The number of nitrogens with zero attached hydrogens (tertiary/aromatic N) is 2. The summed E-state index contributed by atoms with van der Waals surface area (Å²) in [6.45, 7) is 2.74. The summed E-state index contributed by atoms with van der Waals surface area (Å²) < 4.78 is 0. The van der Waals surface area contributed by atoms with Crippen LogP contribution in [0.1, 0.15) is 51.9 Å². The first-order valence-corrected chi connectivity index (χ1v) is 7.29. The van der Waals surface area contributed by atoms with Gasteiger partial charge in [-0.05, 0) is 19.8 Å². The number of carbonyl (C=O) groups is 2. The Kier molecular flexibility index (Phi) is 6.67. The number of carboxylic acids is 1. The first-order valence-electron chi connectivity index (χ1n) is 7.29. The van der Waals surface area contributed by atoms with Crippen molar-refractivity contribution in [1.29, 1.82) is 0 Å². The summed E-state index contributed by atoms with van der Waals surface area (Å²) in [5.74, 6) is -0.858. The molecule has 1 saturated carbocycles. The fraction of sp³-hybridized carbons (Fsp3) is 0.857. The monoisotopic (exact) mass is 270 g/mol. The molecule has 0 radical (unpaired) electrons. The van der Waals surface area contributed by atoms with Crippen LogP contribution >= 0.6 is 0 Å². The van der Waals surface area contributed by atoms with Crippen molar-refractivity contribution in [3.8, 4) is 0 Å². The van der Waals surface area contributed by atoms with Gasteiger partial charge in [0.1, 0.15) is 0 Å². The molecule has 0 bridgehead atoms. The summed E-state index contributed by atoms with van der Waals surface area (Å²) in [7, 11) is 1.85. The standard InChI is InChI=1S/C14H26N2O3/c1-3-16(11-10-13(17)18)14(19)15(2)12-8-6-4-5-7-9-12/h12H,3-11H2,1-2H3,(H,17,18). The molecular formula is C14H26N2O3. The van der Waals surface area contributed by atoms with Gasteiger partial charge in [-0.25, -0.2) is 4.79 Å². The molecule has 0 saturated heterocycles. The van der Waals surface area contributed by atoms with Crippen molar-refractivity contribution in [2.45, 2.75) is 57.9 Å². The summed E-state index contributed by atoms with van der Waals surface area (Å²) in [4.78, 5) is 26.4. The van der Waals surface area contributed by atoms with Crippen molar-refractivity contribution in [2.24, 2.45) is 0 Å². The molecule has 1 aliphatic rings. The van der Waals surface area contributed by atoms with Crippen LogP contribution in [-0.4, -0.2) is 53.1 Å². The highest BCUT2D eigenvalue weighted by atomic mass is 16.4. The van der Waals surface area contributed by atoms with Gasteiger partial charge in [0.05, 0.1) is 6.42 Å². The number of carbonyl (C=O) groups excluding carboxylic acids is 1. The number of hydrogen-bond acceptors (Lipinski definition) is 2. The maximum absolute atomic E-state index is 12.4. The van der Waals surface area contributed by atoms with E-state index >= 15 is 0 Å². The van der Waals surface area contributed by atoms with Gasteiger partial charge in [-0.3, -0.25) is 4.79 Å². The molecule has 5 heteroatoms. The van der Waals surface area contributed by atoms with Crippen molar-refractivity contribution in [2.75, 3.05) is 20.1 Å². The lowest BCUT2D eigenvalue weighted by molar-refractivity contribution is -0.137.